The van der Waals surface area contributed by atoms with Crippen LogP contribution in [-0.4, -0.2) is 36.8 Å². The maximum absolute atomic E-state index is 10.1. The molecule has 4 rings (SSSR count). The van der Waals surface area contributed by atoms with Gasteiger partial charge < -0.3 is 10.4 Å². The predicted octanol–water partition coefficient (Wildman–Crippen LogP) is 1.84. The first-order chi connectivity index (χ1) is 11.7. The van der Waals surface area contributed by atoms with Crippen molar-refractivity contribution in [2.45, 2.75) is 38.1 Å². The second-order valence-electron chi connectivity index (χ2n) is 6.40. The maximum Gasteiger partial charge on any atom is 0.0932 e. The molecule has 3 aromatic rings. The summed E-state index contributed by atoms with van der Waals surface area (Å²) in [5.74, 6) is 0. The number of hydrogen-bond acceptors (Lipinski definition) is 4. The fraction of sp³-hybridized carbons (Fsp3) is 0.333. The third kappa shape index (κ3) is 2.86. The van der Waals surface area contributed by atoms with Gasteiger partial charge in [0.1, 0.15) is 0 Å². The van der Waals surface area contributed by atoms with Crippen LogP contribution in [0.25, 0.3) is 5.69 Å². The maximum atomic E-state index is 10.1. The van der Waals surface area contributed by atoms with Gasteiger partial charge in [0.2, 0.25) is 0 Å². The van der Waals surface area contributed by atoms with Gasteiger partial charge >= 0.3 is 0 Å². The Morgan fingerprint density at radius 1 is 1.25 bits per heavy atom. The van der Waals surface area contributed by atoms with Crippen LogP contribution < -0.4 is 5.32 Å². The highest BCUT2D eigenvalue weighted by Gasteiger charge is 2.41. The Bertz CT molecular complexity index is 793. The van der Waals surface area contributed by atoms with Gasteiger partial charge in [-0.25, -0.2) is 4.68 Å². The minimum Gasteiger partial charge on any atom is -0.391 e. The molecule has 3 atom stereocenters. The van der Waals surface area contributed by atoms with Crippen LogP contribution in [0.2, 0.25) is 0 Å². The fourth-order valence-electron chi connectivity index (χ4n) is 3.21. The van der Waals surface area contributed by atoms with E-state index in [1.54, 1.807) is 6.20 Å². The molecule has 24 heavy (non-hydrogen) atoms. The molecule has 0 unspecified atom stereocenters. The van der Waals surface area contributed by atoms with Crippen LogP contribution in [-0.2, 0) is 6.54 Å². The van der Waals surface area contributed by atoms with Gasteiger partial charge in [-0.3, -0.25) is 4.68 Å². The standard InChI is InChI=1S/C18H21N5O/c1-13-10-21-23(12-13)18-16(9-17(18)24)19-11-14-3-5-15(6-4-14)22-8-2-7-20-22/h2-8,10,12,16-19,24H,9,11H2,1H3/t16-,17+,18+/m0/s1. The van der Waals surface area contributed by atoms with Crippen molar-refractivity contribution >= 4 is 0 Å². The monoisotopic (exact) mass is 323 g/mol. The summed E-state index contributed by atoms with van der Waals surface area (Å²) < 4.78 is 3.72. The zero-order chi connectivity index (χ0) is 16.5. The van der Waals surface area contributed by atoms with Crippen LogP contribution in [0.15, 0.2) is 55.1 Å². The Hall–Kier alpha value is -2.44. The molecule has 2 N–H and O–H groups in total. The molecule has 2 heterocycles. The minimum absolute atomic E-state index is 0.0158. The van der Waals surface area contributed by atoms with E-state index in [9.17, 15) is 5.11 Å². The second-order valence-corrected chi connectivity index (χ2v) is 6.40. The summed E-state index contributed by atoms with van der Waals surface area (Å²) in [4.78, 5) is 0. The number of aliphatic hydroxyl groups excluding tert-OH is 1. The van der Waals surface area contributed by atoms with Gasteiger partial charge in [0.25, 0.3) is 0 Å². The SMILES string of the molecule is Cc1cnn([C@H]2[C@H](O)C[C@@H]2NCc2ccc(-n3cccn3)cc2)c1. The second kappa shape index (κ2) is 6.22. The van der Waals surface area contributed by atoms with Gasteiger partial charge in [0, 0.05) is 31.2 Å². The Morgan fingerprint density at radius 2 is 2.08 bits per heavy atom. The van der Waals surface area contributed by atoms with Crippen molar-refractivity contribution in [1.82, 2.24) is 24.9 Å². The minimum atomic E-state index is -0.330. The lowest BCUT2D eigenvalue weighted by Gasteiger charge is -2.42. The summed E-state index contributed by atoms with van der Waals surface area (Å²) in [6.07, 6.45) is 7.95. The van der Waals surface area contributed by atoms with Gasteiger partial charge in [-0.2, -0.15) is 10.2 Å². The van der Waals surface area contributed by atoms with Gasteiger partial charge in [-0.05, 0) is 42.7 Å². The first-order valence-electron chi connectivity index (χ1n) is 8.22. The molecule has 0 bridgehead atoms. The third-order valence-corrected chi connectivity index (χ3v) is 4.61. The predicted molar refractivity (Wildman–Crippen MR) is 90.8 cm³/mol. The number of aryl methyl sites for hydroxylation is 1. The van der Waals surface area contributed by atoms with Crippen LogP contribution in [0.1, 0.15) is 23.6 Å². The topological polar surface area (TPSA) is 67.9 Å². The normalized spacial score (nSPS) is 23.2. The Morgan fingerprint density at radius 3 is 2.71 bits per heavy atom. The van der Waals surface area contributed by atoms with E-state index in [0.717, 1.165) is 24.2 Å². The summed E-state index contributed by atoms with van der Waals surface area (Å²) in [7, 11) is 0. The molecule has 124 valence electrons. The summed E-state index contributed by atoms with van der Waals surface area (Å²) in [6.45, 7) is 2.78. The third-order valence-electron chi connectivity index (χ3n) is 4.61. The fourth-order valence-corrected chi connectivity index (χ4v) is 3.21. The molecule has 0 amide bonds. The van der Waals surface area contributed by atoms with E-state index >= 15 is 0 Å². The Balaban J connectivity index is 1.38. The van der Waals surface area contributed by atoms with Crippen LogP contribution in [0.4, 0.5) is 0 Å². The molecule has 0 aliphatic heterocycles. The summed E-state index contributed by atoms with van der Waals surface area (Å²) >= 11 is 0. The van der Waals surface area contributed by atoms with Crippen molar-refractivity contribution in [3.8, 4) is 5.69 Å². The molecule has 6 nitrogen and oxygen atoms in total. The average Bonchev–Trinajstić information content (AvgIpc) is 3.24. The molecule has 0 spiro atoms. The number of hydrogen-bond donors (Lipinski definition) is 2. The number of nitrogens with one attached hydrogen (secondary N) is 1. The molecule has 6 heteroatoms. The van der Waals surface area contributed by atoms with Crippen molar-refractivity contribution in [3.05, 3.63) is 66.2 Å². The molecule has 0 saturated heterocycles. The number of nitrogens with zero attached hydrogens (tertiary/aromatic N) is 4. The molecule has 1 aliphatic carbocycles. The van der Waals surface area contributed by atoms with Crippen molar-refractivity contribution in [2.24, 2.45) is 0 Å². The van der Waals surface area contributed by atoms with Gasteiger partial charge in [0.05, 0.1) is 24.0 Å². The molecular formula is C18H21N5O. The van der Waals surface area contributed by atoms with E-state index in [0.29, 0.717) is 0 Å². The highest BCUT2D eigenvalue weighted by molar-refractivity contribution is 5.33. The Kier molecular flexibility index (Phi) is 3.92. The molecule has 0 radical (unpaired) electrons. The van der Waals surface area contributed by atoms with Gasteiger partial charge in [-0.15, -0.1) is 0 Å². The number of aromatic nitrogens is 4. The van der Waals surface area contributed by atoms with Crippen molar-refractivity contribution < 1.29 is 5.11 Å². The lowest BCUT2D eigenvalue weighted by atomic mass is 9.83. The van der Waals surface area contributed by atoms with E-state index < -0.39 is 0 Å². The molecule has 1 fully saturated rings. The first kappa shape index (κ1) is 15.1. The first-order valence-corrected chi connectivity index (χ1v) is 8.22. The van der Waals surface area contributed by atoms with E-state index in [-0.39, 0.29) is 18.2 Å². The lowest BCUT2D eigenvalue weighted by Crippen LogP contribution is -2.54. The highest BCUT2D eigenvalue weighted by atomic mass is 16.3. The smallest absolute Gasteiger partial charge is 0.0932 e. The average molecular weight is 323 g/mol. The van der Waals surface area contributed by atoms with Crippen molar-refractivity contribution in [2.75, 3.05) is 0 Å². The molecular weight excluding hydrogens is 302 g/mol. The van der Waals surface area contributed by atoms with Crippen molar-refractivity contribution in [3.63, 3.8) is 0 Å². The van der Waals surface area contributed by atoms with Crippen LogP contribution in [0.5, 0.6) is 0 Å². The zero-order valence-electron chi connectivity index (χ0n) is 13.6. The number of aliphatic hydroxyl groups is 1. The van der Waals surface area contributed by atoms with E-state index in [2.05, 4.69) is 39.8 Å². The lowest BCUT2D eigenvalue weighted by molar-refractivity contribution is -0.00823. The Labute approximate surface area is 140 Å². The number of rotatable bonds is 5. The van der Waals surface area contributed by atoms with E-state index in [4.69, 9.17) is 0 Å². The summed E-state index contributed by atoms with van der Waals surface area (Å²) in [5.41, 5.74) is 3.37. The summed E-state index contributed by atoms with van der Waals surface area (Å²) in [5, 5.41) is 22.2. The highest BCUT2D eigenvalue weighted by Crippen LogP contribution is 2.32. The van der Waals surface area contributed by atoms with Gasteiger partial charge in [-0.1, -0.05) is 12.1 Å². The summed E-state index contributed by atoms with van der Waals surface area (Å²) in [6, 6.07) is 10.5. The molecule has 1 aliphatic rings. The van der Waals surface area contributed by atoms with E-state index in [1.807, 2.05) is 40.9 Å². The molecule has 2 aromatic heterocycles. The molecule has 1 saturated carbocycles. The van der Waals surface area contributed by atoms with E-state index in [1.165, 1.54) is 5.56 Å². The quantitative estimate of drug-likeness (QED) is 0.752. The zero-order valence-corrected chi connectivity index (χ0v) is 13.6. The number of benzene rings is 1. The van der Waals surface area contributed by atoms with Gasteiger partial charge in [0.15, 0.2) is 0 Å². The largest absolute Gasteiger partial charge is 0.391 e. The van der Waals surface area contributed by atoms with Crippen LogP contribution >= 0.6 is 0 Å². The molecule has 1 aromatic carbocycles. The van der Waals surface area contributed by atoms with Crippen LogP contribution in [0.3, 0.4) is 0 Å². The van der Waals surface area contributed by atoms with Crippen molar-refractivity contribution in [1.29, 1.82) is 0 Å². The van der Waals surface area contributed by atoms with Crippen LogP contribution in [0, 0.1) is 6.92 Å².